The highest BCUT2D eigenvalue weighted by atomic mass is 35.5. The molecule has 3 aromatic heterocycles. The maximum atomic E-state index is 14.2. The SMILES string of the molecule is CC(C)C(N)C(=O)NC1Cc2ccc3c(c2)C24c5ccc(cc5NC2O3)-c2cccc3[nH]c(Cl)c(c23)-c2oc(nc2Cl)-c2nc(oc24)C(C(C)C)NC1=O. The zero-order valence-corrected chi connectivity index (χ0v) is 31.1. The Labute approximate surface area is 319 Å². The molecule has 12 nitrogen and oxygen atoms in total. The summed E-state index contributed by atoms with van der Waals surface area (Å²) in [5.74, 6) is 0.514. The van der Waals surface area contributed by atoms with Crippen molar-refractivity contribution in [3.63, 3.8) is 0 Å². The van der Waals surface area contributed by atoms with E-state index in [1.807, 2.05) is 64.1 Å². The monoisotopic (exact) mass is 763 g/mol. The molecule has 0 saturated carbocycles. The minimum absolute atomic E-state index is 0.0959. The molecule has 3 aromatic carbocycles. The van der Waals surface area contributed by atoms with Gasteiger partial charge in [0.15, 0.2) is 28.6 Å². The summed E-state index contributed by atoms with van der Waals surface area (Å²) in [5, 5.41) is 11.0. The molecule has 1 spiro atoms. The molecule has 14 heteroatoms. The number of oxazole rings is 2. The maximum Gasteiger partial charge on any atom is 0.250 e. The second-order valence-electron chi connectivity index (χ2n) is 15.2. The van der Waals surface area contributed by atoms with Crippen LogP contribution in [-0.4, -0.2) is 45.1 Å². The minimum Gasteiger partial charge on any atom is -0.469 e. The highest BCUT2D eigenvalue weighted by molar-refractivity contribution is 6.37. The quantitative estimate of drug-likeness (QED) is 0.126. The molecule has 5 atom stereocenters. The van der Waals surface area contributed by atoms with Crippen molar-refractivity contribution in [3.05, 3.63) is 93.2 Å². The van der Waals surface area contributed by atoms with Gasteiger partial charge in [-0.2, -0.15) is 4.98 Å². The van der Waals surface area contributed by atoms with Crippen molar-refractivity contribution in [2.24, 2.45) is 17.6 Å². The average Bonchev–Trinajstić information content (AvgIpc) is 3.94. The molecule has 5 aliphatic heterocycles. The molecule has 8 heterocycles. The maximum absolute atomic E-state index is 14.2. The lowest BCUT2D eigenvalue weighted by atomic mass is 9.72. The summed E-state index contributed by atoms with van der Waals surface area (Å²) in [7, 11) is 0. The van der Waals surface area contributed by atoms with Gasteiger partial charge in [-0.15, -0.1) is 0 Å². The molecule has 0 fully saturated rings. The number of ether oxygens (including phenoxy) is 1. The van der Waals surface area contributed by atoms with E-state index < -0.39 is 41.6 Å². The number of benzene rings is 3. The Morgan fingerprint density at radius 2 is 1.85 bits per heavy atom. The second-order valence-corrected chi connectivity index (χ2v) is 16.0. The Hall–Kier alpha value is -5.30. The largest absolute Gasteiger partial charge is 0.469 e. The summed E-state index contributed by atoms with van der Waals surface area (Å²) in [6.45, 7) is 7.65. The lowest BCUT2D eigenvalue weighted by Gasteiger charge is -2.29. The summed E-state index contributed by atoms with van der Waals surface area (Å²) < 4.78 is 20.3. The van der Waals surface area contributed by atoms with Crippen LogP contribution in [-0.2, 0) is 21.4 Å². The summed E-state index contributed by atoms with van der Waals surface area (Å²) >= 11 is 13.9. The van der Waals surface area contributed by atoms with Crippen LogP contribution in [0, 0.1) is 11.8 Å². The van der Waals surface area contributed by atoms with Gasteiger partial charge in [-0.25, -0.2) is 4.98 Å². The van der Waals surface area contributed by atoms with Crippen molar-refractivity contribution in [1.29, 1.82) is 0 Å². The third-order valence-electron chi connectivity index (χ3n) is 11.3. The fraction of sp³-hybridized carbons (Fsp3) is 0.300. The van der Waals surface area contributed by atoms with Crippen LogP contribution in [0.4, 0.5) is 5.69 Å². The van der Waals surface area contributed by atoms with Crippen LogP contribution in [0.1, 0.15) is 62.1 Å². The van der Waals surface area contributed by atoms with E-state index in [4.69, 9.17) is 52.5 Å². The van der Waals surface area contributed by atoms with Crippen molar-refractivity contribution in [2.75, 3.05) is 5.32 Å². The summed E-state index contributed by atoms with van der Waals surface area (Å²) in [6.07, 6.45) is -0.468. The zero-order valence-electron chi connectivity index (χ0n) is 29.6. The molecule has 6 aromatic rings. The number of hydrogen-bond acceptors (Lipinski definition) is 9. The van der Waals surface area contributed by atoms with E-state index in [1.54, 1.807) is 0 Å². The number of carbonyl (C=O) groups excluding carboxylic acids is 2. The summed E-state index contributed by atoms with van der Waals surface area (Å²) in [5.41, 5.74) is 12.0. The highest BCUT2D eigenvalue weighted by Crippen LogP contribution is 2.60. The number of nitrogens with two attached hydrogens (primary N) is 1. The Bertz CT molecular complexity index is 2590. The molecule has 54 heavy (non-hydrogen) atoms. The van der Waals surface area contributed by atoms with Crippen LogP contribution in [0.3, 0.4) is 0 Å². The third-order valence-corrected chi connectivity index (χ3v) is 11.8. The van der Waals surface area contributed by atoms with Crippen molar-refractivity contribution in [2.45, 2.75) is 63.9 Å². The van der Waals surface area contributed by atoms with E-state index in [1.165, 1.54) is 0 Å². The van der Waals surface area contributed by atoms with Crippen LogP contribution in [0.25, 0.3) is 44.9 Å². The van der Waals surface area contributed by atoms with Gasteiger partial charge in [0.05, 0.1) is 11.6 Å². The number of amides is 2. The second kappa shape index (κ2) is 11.6. The van der Waals surface area contributed by atoms with Gasteiger partial charge in [0.2, 0.25) is 17.7 Å². The van der Waals surface area contributed by atoms with Gasteiger partial charge < -0.3 is 40.2 Å². The number of nitrogens with one attached hydrogen (secondary N) is 4. The number of nitrogens with zero attached hydrogens (tertiary/aromatic N) is 2. The van der Waals surface area contributed by atoms with Gasteiger partial charge in [0.1, 0.15) is 28.4 Å². The van der Waals surface area contributed by atoms with Gasteiger partial charge in [0.25, 0.3) is 5.89 Å². The predicted molar refractivity (Wildman–Crippen MR) is 203 cm³/mol. The standard InChI is InChI=1S/C40H35Cl2N7O5/c1-15(2)28(43)36(51)45-24-13-17-8-11-25-21(12-17)40-20-10-9-18(14-23(20)46-39(40)52-25)19-6-5-7-22-26(19)27(33(41)44-22)31-34(42)49-38(53-31)30-32(40)54-37(48-30)29(16(3)4)47-35(24)50/h5-12,14-16,24,28-29,39,44,46H,13,43H2,1-4H3,(H,45,51)(H,47,50). The number of aromatic nitrogens is 3. The number of H-pyrrole nitrogens is 1. The third kappa shape index (κ3) is 4.53. The first-order chi connectivity index (χ1) is 25.9. The topological polar surface area (TPSA) is 173 Å². The first-order valence-corrected chi connectivity index (χ1v) is 18.8. The minimum atomic E-state index is -1.10. The van der Waals surface area contributed by atoms with Gasteiger partial charge in [0, 0.05) is 28.6 Å². The average molecular weight is 765 g/mol. The Morgan fingerprint density at radius 3 is 2.65 bits per heavy atom. The Kier molecular flexibility index (Phi) is 7.15. The molecular weight excluding hydrogens is 729 g/mol. The molecule has 0 radical (unpaired) electrons. The molecule has 10 bridgehead atoms. The first-order valence-electron chi connectivity index (χ1n) is 18.0. The lowest BCUT2D eigenvalue weighted by molar-refractivity contribution is -0.130. The molecule has 5 unspecified atom stereocenters. The van der Waals surface area contributed by atoms with E-state index in [9.17, 15) is 9.59 Å². The van der Waals surface area contributed by atoms with Gasteiger partial charge in [-0.3, -0.25) is 9.59 Å². The molecule has 11 rings (SSSR count). The number of anilines is 1. The molecule has 0 aliphatic carbocycles. The summed E-state index contributed by atoms with van der Waals surface area (Å²) in [6, 6.07) is 15.6. The zero-order chi connectivity index (χ0) is 37.4. The fourth-order valence-corrected chi connectivity index (χ4v) is 8.96. The van der Waals surface area contributed by atoms with E-state index >= 15 is 0 Å². The van der Waals surface area contributed by atoms with E-state index in [0.717, 1.165) is 44.4 Å². The van der Waals surface area contributed by atoms with Crippen LogP contribution >= 0.6 is 23.2 Å². The van der Waals surface area contributed by atoms with Crippen molar-refractivity contribution in [1.82, 2.24) is 25.6 Å². The van der Waals surface area contributed by atoms with Crippen LogP contribution in [0.15, 0.2) is 63.4 Å². The molecule has 0 saturated heterocycles. The number of fused-ring (bicyclic) bond motifs is 3. The number of carbonyl (C=O) groups is 2. The molecular formula is C40H35Cl2N7O5. The van der Waals surface area contributed by atoms with Gasteiger partial charge in [-0.1, -0.05) is 87.3 Å². The number of hydrogen-bond donors (Lipinski definition) is 5. The highest BCUT2D eigenvalue weighted by Gasteiger charge is 2.61. The first kappa shape index (κ1) is 33.3. The van der Waals surface area contributed by atoms with E-state index in [2.05, 4.69) is 39.1 Å². The predicted octanol–water partition coefficient (Wildman–Crippen LogP) is 7.08. The van der Waals surface area contributed by atoms with Crippen molar-refractivity contribution in [3.8, 4) is 39.8 Å². The molecule has 6 N–H and O–H groups in total. The Morgan fingerprint density at radius 1 is 1.02 bits per heavy atom. The number of aromatic amines is 1. The van der Waals surface area contributed by atoms with E-state index in [-0.39, 0.29) is 41.0 Å². The number of rotatable bonds is 4. The van der Waals surface area contributed by atoms with Crippen LogP contribution in [0.2, 0.25) is 10.3 Å². The molecule has 274 valence electrons. The fourth-order valence-electron chi connectivity index (χ4n) is 8.47. The van der Waals surface area contributed by atoms with Crippen molar-refractivity contribution < 1.29 is 23.2 Å². The normalized spacial score (nSPS) is 22.2. The van der Waals surface area contributed by atoms with E-state index in [0.29, 0.717) is 27.9 Å². The Balaban J connectivity index is 1.28. The lowest BCUT2D eigenvalue weighted by Crippen LogP contribution is -2.54. The molecule has 5 aliphatic rings. The number of halogens is 2. The smallest absolute Gasteiger partial charge is 0.250 e. The van der Waals surface area contributed by atoms with Crippen molar-refractivity contribution >= 4 is 51.6 Å². The molecule has 2 amide bonds. The van der Waals surface area contributed by atoms with Gasteiger partial charge >= 0.3 is 0 Å². The van der Waals surface area contributed by atoms with Crippen LogP contribution < -0.4 is 26.4 Å². The van der Waals surface area contributed by atoms with Gasteiger partial charge in [-0.05, 0) is 52.3 Å². The summed E-state index contributed by atoms with van der Waals surface area (Å²) in [4.78, 5) is 40.7. The van der Waals surface area contributed by atoms with Crippen LogP contribution in [0.5, 0.6) is 5.75 Å².